The molecule has 0 atom stereocenters. The summed E-state index contributed by atoms with van der Waals surface area (Å²) in [5.41, 5.74) is 4.19. The van der Waals surface area contributed by atoms with Gasteiger partial charge in [-0.2, -0.15) is 0 Å². The van der Waals surface area contributed by atoms with E-state index in [2.05, 4.69) is 21.4 Å². The van der Waals surface area contributed by atoms with E-state index < -0.39 is 0 Å². The molecule has 4 rings (SSSR count). The Hall–Kier alpha value is -3.54. The summed E-state index contributed by atoms with van der Waals surface area (Å²) in [5.74, 6) is 0.452. The highest BCUT2D eigenvalue weighted by Crippen LogP contribution is 2.25. The van der Waals surface area contributed by atoms with E-state index in [4.69, 9.17) is 0 Å². The molecule has 6 nitrogen and oxygen atoms in total. The average molecular weight is 372 g/mol. The predicted molar refractivity (Wildman–Crippen MR) is 106 cm³/mol. The lowest BCUT2D eigenvalue weighted by Gasteiger charge is -2.28. The monoisotopic (exact) mass is 372 g/mol. The molecule has 0 saturated heterocycles. The molecule has 3 aromatic rings. The van der Waals surface area contributed by atoms with Gasteiger partial charge in [0, 0.05) is 31.5 Å². The summed E-state index contributed by atoms with van der Waals surface area (Å²) in [7, 11) is 1.58. The zero-order chi connectivity index (χ0) is 19.5. The lowest BCUT2D eigenvalue weighted by Crippen LogP contribution is -2.38. The van der Waals surface area contributed by atoms with Crippen molar-refractivity contribution in [3.05, 3.63) is 88.9 Å². The number of anilines is 1. The van der Waals surface area contributed by atoms with E-state index in [0.717, 1.165) is 28.7 Å². The molecule has 0 aliphatic carbocycles. The number of carbonyl (C=O) groups excluding carboxylic acids is 2. The number of benzene rings is 1. The minimum atomic E-state index is -0.208. The number of hydrogen-bond acceptors (Lipinski definition) is 4. The highest BCUT2D eigenvalue weighted by atomic mass is 16.2. The zero-order valence-corrected chi connectivity index (χ0v) is 15.6. The van der Waals surface area contributed by atoms with Crippen molar-refractivity contribution >= 4 is 17.6 Å². The van der Waals surface area contributed by atoms with E-state index in [9.17, 15) is 9.59 Å². The third-order valence-corrected chi connectivity index (χ3v) is 4.87. The Kier molecular flexibility index (Phi) is 4.85. The fourth-order valence-corrected chi connectivity index (χ4v) is 3.39. The van der Waals surface area contributed by atoms with Crippen LogP contribution in [0.3, 0.4) is 0 Å². The summed E-state index contributed by atoms with van der Waals surface area (Å²) >= 11 is 0. The number of aromatic nitrogens is 2. The fraction of sp³-hybridized carbons (Fsp3) is 0.182. The third kappa shape index (κ3) is 3.49. The first-order valence-electron chi connectivity index (χ1n) is 9.17. The number of hydrogen-bond donors (Lipinski definition) is 1. The number of carbonyl (C=O) groups is 2. The van der Waals surface area contributed by atoms with Crippen molar-refractivity contribution in [1.29, 1.82) is 0 Å². The number of nitrogens with zero attached hydrogens (tertiary/aromatic N) is 3. The third-order valence-electron chi connectivity index (χ3n) is 4.87. The van der Waals surface area contributed by atoms with Gasteiger partial charge < -0.3 is 5.32 Å². The van der Waals surface area contributed by atoms with Gasteiger partial charge in [-0.3, -0.25) is 19.5 Å². The molecule has 0 saturated carbocycles. The van der Waals surface area contributed by atoms with Crippen molar-refractivity contribution in [3.8, 4) is 0 Å². The van der Waals surface area contributed by atoms with Crippen LogP contribution in [0.5, 0.6) is 0 Å². The number of pyridine rings is 2. The molecule has 1 aliphatic heterocycles. The van der Waals surface area contributed by atoms with Crippen LogP contribution in [0.1, 0.15) is 37.5 Å². The SMILES string of the molecule is CNC(=O)c1ccc(Cc2ccc3c(c2)C(=O)N(c2ccccn2)CC3)cn1. The maximum atomic E-state index is 13.0. The van der Waals surface area contributed by atoms with E-state index in [1.807, 2.05) is 36.4 Å². The fourth-order valence-electron chi connectivity index (χ4n) is 3.39. The Labute approximate surface area is 163 Å². The summed E-state index contributed by atoms with van der Waals surface area (Å²) in [6, 6.07) is 15.2. The summed E-state index contributed by atoms with van der Waals surface area (Å²) < 4.78 is 0. The molecule has 0 radical (unpaired) electrons. The first kappa shape index (κ1) is 17.9. The van der Waals surface area contributed by atoms with Crippen molar-refractivity contribution in [2.24, 2.45) is 0 Å². The van der Waals surface area contributed by atoms with Crippen LogP contribution in [0.15, 0.2) is 60.9 Å². The van der Waals surface area contributed by atoms with Crippen LogP contribution in [0, 0.1) is 0 Å². The molecule has 0 spiro atoms. The quantitative estimate of drug-likeness (QED) is 0.764. The molecule has 140 valence electrons. The van der Waals surface area contributed by atoms with Gasteiger partial charge in [-0.15, -0.1) is 0 Å². The Bertz CT molecular complexity index is 1020. The van der Waals surface area contributed by atoms with Gasteiger partial charge in [-0.05, 0) is 53.8 Å². The first-order valence-corrected chi connectivity index (χ1v) is 9.17. The van der Waals surface area contributed by atoms with Crippen LogP contribution >= 0.6 is 0 Å². The van der Waals surface area contributed by atoms with E-state index in [0.29, 0.717) is 24.5 Å². The maximum absolute atomic E-state index is 13.0. The molecular weight excluding hydrogens is 352 g/mol. The molecule has 2 aromatic heterocycles. The van der Waals surface area contributed by atoms with Crippen molar-refractivity contribution in [1.82, 2.24) is 15.3 Å². The van der Waals surface area contributed by atoms with Gasteiger partial charge >= 0.3 is 0 Å². The van der Waals surface area contributed by atoms with Crippen LogP contribution in [-0.4, -0.2) is 35.4 Å². The molecule has 6 heteroatoms. The molecule has 0 unspecified atom stereocenters. The van der Waals surface area contributed by atoms with E-state index in [1.54, 1.807) is 30.4 Å². The molecule has 0 fully saturated rings. The number of fused-ring (bicyclic) bond motifs is 1. The zero-order valence-electron chi connectivity index (χ0n) is 15.6. The molecule has 1 aromatic carbocycles. The van der Waals surface area contributed by atoms with Crippen molar-refractivity contribution in [2.45, 2.75) is 12.8 Å². The number of amides is 2. The van der Waals surface area contributed by atoms with Crippen LogP contribution in [0.4, 0.5) is 5.82 Å². The Morgan fingerprint density at radius 1 is 1.11 bits per heavy atom. The second-order valence-electron chi connectivity index (χ2n) is 6.69. The average Bonchev–Trinajstić information content (AvgIpc) is 2.75. The van der Waals surface area contributed by atoms with Crippen LogP contribution in [0.2, 0.25) is 0 Å². The molecule has 3 heterocycles. The van der Waals surface area contributed by atoms with E-state index in [1.165, 1.54) is 0 Å². The van der Waals surface area contributed by atoms with Crippen LogP contribution in [0.25, 0.3) is 0 Å². The number of nitrogens with one attached hydrogen (secondary N) is 1. The normalized spacial score (nSPS) is 13.2. The van der Waals surface area contributed by atoms with E-state index >= 15 is 0 Å². The van der Waals surface area contributed by atoms with Gasteiger partial charge in [0.25, 0.3) is 11.8 Å². The maximum Gasteiger partial charge on any atom is 0.269 e. The van der Waals surface area contributed by atoms with Gasteiger partial charge in [0.2, 0.25) is 0 Å². The summed E-state index contributed by atoms with van der Waals surface area (Å²) in [6.45, 7) is 0.632. The van der Waals surface area contributed by atoms with Gasteiger partial charge in [0.05, 0.1) is 0 Å². The lowest BCUT2D eigenvalue weighted by molar-refractivity contribution is 0.0955. The summed E-state index contributed by atoms with van der Waals surface area (Å²) in [5, 5.41) is 2.56. The van der Waals surface area contributed by atoms with Crippen LogP contribution < -0.4 is 10.2 Å². The second-order valence-corrected chi connectivity index (χ2v) is 6.69. The highest BCUT2D eigenvalue weighted by Gasteiger charge is 2.26. The largest absolute Gasteiger partial charge is 0.354 e. The lowest BCUT2D eigenvalue weighted by atomic mass is 9.94. The summed E-state index contributed by atoms with van der Waals surface area (Å²) in [6.07, 6.45) is 4.85. The minimum Gasteiger partial charge on any atom is -0.354 e. The first-order chi connectivity index (χ1) is 13.7. The molecule has 2 amide bonds. The van der Waals surface area contributed by atoms with Crippen molar-refractivity contribution in [3.63, 3.8) is 0 Å². The number of rotatable bonds is 4. The molecule has 1 N–H and O–H groups in total. The van der Waals surface area contributed by atoms with Crippen LogP contribution in [-0.2, 0) is 12.8 Å². The van der Waals surface area contributed by atoms with Gasteiger partial charge in [0.1, 0.15) is 11.5 Å². The molecular formula is C22H20N4O2. The molecule has 28 heavy (non-hydrogen) atoms. The predicted octanol–water partition coefficient (Wildman–Crippen LogP) is 2.63. The minimum absolute atomic E-state index is 0.0186. The highest BCUT2D eigenvalue weighted by molar-refractivity contribution is 6.07. The van der Waals surface area contributed by atoms with Crippen molar-refractivity contribution in [2.75, 3.05) is 18.5 Å². The molecule has 1 aliphatic rings. The summed E-state index contributed by atoms with van der Waals surface area (Å²) in [4.78, 5) is 34.9. The Balaban J connectivity index is 1.56. The molecule has 0 bridgehead atoms. The Morgan fingerprint density at radius 3 is 2.68 bits per heavy atom. The standard InChI is InChI=1S/C22H20N4O2/c1-23-21(27)19-8-6-16(14-25-19)12-15-5-7-17-9-11-26(22(28)18(17)13-15)20-4-2-3-10-24-20/h2-8,10,13-14H,9,11-12H2,1H3,(H,23,27). The Morgan fingerprint density at radius 2 is 1.96 bits per heavy atom. The van der Waals surface area contributed by atoms with Gasteiger partial charge in [0.15, 0.2) is 0 Å². The second kappa shape index (κ2) is 7.60. The van der Waals surface area contributed by atoms with E-state index in [-0.39, 0.29) is 11.8 Å². The van der Waals surface area contributed by atoms with Gasteiger partial charge in [-0.25, -0.2) is 4.98 Å². The smallest absolute Gasteiger partial charge is 0.269 e. The van der Waals surface area contributed by atoms with Gasteiger partial charge in [-0.1, -0.05) is 24.3 Å². The van der Waals surface area contributed by atoms with Crippen molar-refractivity contribution < 1.29 is 9.59 Å². The topological polar surface area (TPSA) is 75.2 Å².